The third-order valence-corrected chi connectivity index (χ3v) is 4.27. The Hall–Kier alpha value is -3.15. The molecule has 0 aliphatic carbocycles. The lowest BCUT2D eigenvalue weighted by Crippen LogP contribution is -2.43. The van der Waals surface area contributed by atoms with E-state index in [0.717, 1.165) is 10.9 Å². The summed E-state index contributed by atoms with van der Waals surface area (Å²) in [5.41, 5.74) is 1.62. The summed E-state index contributed by atoms with van der Waals surface area (Å²) in [6.07, 6.45) is 1.51. The van der Waals surface area contributed by atoms with Gasteiger partial charge >= 0.3 is 0 Å². The number of anilines is 1. The van der Waals surface area contributed by atoms with Gasteiger partial charge in [-0.1, -0.05) is 18.2 Å². The van der Waals surface area contributed by atoms with E-state index in [1.165, 1.54) is 0 Å². The number of nitrogens with one attached hydrogen (secondary N) is 1. The summed E-state index contributed by atoms with van der Waals surface area (Å²) in [7, 11) is 0. The van der Waals surface area contributed by atoms with Crippen LogP contribution in [0.5, 0.6) is 5.88 Å². The number of carbonyl (C=O) groups excluding carboxylic acids is 1. The summed E-state index contributed by atoms with van der Waals surface area (Å²) >= 11 is 0. The molecule has 1 N–H and O–H groups in total. The molecular formula is C19H17N3O3. The highest BCUT2D eigenvalue weighted by molar-refractivity contribution is 5.96. The van der Waals surface area contributed by atoms with Gasteiger partial charge in [-0.3, -0.25) is 9.59 Å². The average molecular weight is 335 g/mol. The Morgan fingerprint density at radius 1 is 1.32 bits per heavy atom. The molecule has 126 valence electrons. The van der Waals surface area contributed by atoms with Crippen molar-refractivity contribution >= 4 is 22.5 Å². The number of hydrogen-bond donors (Lipinski definition) is 1. The van der Waals surface area contributed by atoms with Crippen LogP contribution in [0.1, 0.15) is 12.5 Å². The van der Waals surface area contributed by atoms with E-state index >= 15 is 0 Å². The van der Waals surface area contributed by atoms with Crippen molar-refractivity contribution < 1.29 is 9.53 Å². The largest absolute Gasteiger partial charge is 0.471 e. The Balaban J connectivity index is 1.67. The first-order valence-corrected chi connectivity index (χ1v) is 8.15. The molecule has 0 saturated heterocycles. The molecule has 1 aliphatic rings. The topological polar surface area (TPSA) is 75.3 Å². The number of hydrogen-bond acceptors (Lipinski definition) is 4. The second-order valence-corrected chi connectivity index (χ2v) is 6.15. The molecule has 6 heteroatoms. The van der Waals surface area contributed by atoms with Gasteiger partial charge in [0.1, 0.15) is 11.8 Å². The summed E-state index contributed by atoms with van der Waals surface area (Å²) in [6, 6.07) is 12.9. The van der Waals surface area contributed by atoms with Crippen molar-refractivity contribution in [2.24, 2.45) is 0 Å². The van der Waals surface area contributed by atoms with Crippen molar-refractivity contribution in [2.75, 3.05) is 11.4 Å². The molecule has 0 saturated carbocycles. The smallest absolute Gasteiger partial charge is 0.252 e. The molecule has 2 aromatic heterocycles. The van der Waals surface area contributed by atoms with Crippen LogP contribution in [0.4, 0.5) is 5.69 Å². The lowest BCUT2D eigenvalue weighted by atomic mass is 10.1. The molecule has 1 amide bonds. The van der Waals surface area contributed by atoms with Crippen molar-refractivity contribution in [3.63, 3.8) is 0 Å². The van der Waals surface area contributed by atoms with Crippen molar-refractivity contribution in [1.82, 2.24) is 9.97 Å². The lowest BCUT2D eigenvalue weighted by Gasteiger charge is -2.32. The summed E-state index contributed by atoms with van der Waals surface area (Å²) in [5, 5.41) is 0.905. The average Bonchev–Trinajstić information content (AvgIpc) is 2.61. The van der Waals surface area contributed by atoms with Gasteiger partial charge in [0.15, 0.2) is 0 Å². The second-order valence-electron chi connectivity index (χ2n) is 6.15. The molecule has 25 heavy (non-hydrogen) atoms. The normalized spacial score (nSPS) is 16.4. The molecule has 0 fully saturated rings. The highest BCUT2D eigenvalue weighted by atomic mass is 16.5. The van der Waals surface area contributed by atoms with Crippen LogP contribution >= 0.6 is 0 Å². The number of aromatic amines is 1. The zero-order chi connectivity index (χ0) is 17.4. The van der Waals surface area contributed by atoms with Crippen LogP contribution in [0.3, 0.4) is 0 Å². The monoisotopic (exact) mass is 335 g/mol. The third kappa shape index (κ3) is 2.87. The molecule has 0 unspecified atom stereocenters. The number of nitrogens with zero attached hydrogens (tertiary/aromatic N) is 2. The van der Waals surface area contributed by atoms with Gasteiger partial charge in [-0.05, 0) is 36.6 Å². The number of aromatic nitrogens is 2. The van der Waals surface area contributed by atoms with E-state index in [2.05, 4.69) is 9.97 Å². The van der Waals surface area contributed by atoms with E-state index in [9.17, 15) is 9.59 Å². The fourth-order valence-electron chi connectivity index (χ4n) is 3.08. The summed E-state index contributed by atoms with van der Waals surface area (Å²) in [6.45, 7) is 2.32. The molecule has 0 bridgehead atoms. The quantitative estimate of drug-likeness (QED) is 0.779. The van der Waals surface area contributed by atoms with Crippen LogP contribution in [-0.4, -0.2) is 28.5 Å². The van der Waals surface area contributed by atoms with Gasteiger partial charge < -0.3 is 14.6 Å². The van der Waals surface area contributed by atoms with Crippen LogP contribution < -0.4 is 15.2 Å². The van der Waals surface area contributed by atoms with Crippen molar-refractivity contribution in [2.45, 2.75) is 19.4 Å². The maximum atomic E-state index is 12.9. The maximum Gasteiger partial charge on any atom is 0.252 e. The first-order chi connectivity index (χ1) is 12.1. The Kier molecular flexibility index (Phi) is 3.72. The third-order valence-electron chi connectivity index (χ3n) is 4.27. The Labute approximate surface area is 144 Å². The number of amides is 1. The van der Waals surface area contributed by atoms with Crippen LogP contribution in [0, 0.1) is 0 Å². The first-order valence-electron chi connectivity index (χ1n) is 8.15. The Morgan fingerprint density at radius 2 is 2.16 bits per heavy atom. The molecule has 0 spiro atoms. The predicted octanol–water partition coefficient (Wildman–Crippen LogP) is 2.28. The van der Waals surface area contributed by atoms with Gasteiger partial charge in [-0.25, -0.2) is 4.98 Å². The van der Waals surface area contributed by atoms with Gasteiger partial charge in [-0.15, -0.1) is 0 Å². The number of rotatable bonds is 2. The van der Waals surface area contributed by atoms with E-state index in [4.69, 9.17) is 4.74 Å². The number of fused-ring (bicyclic) bond motifs is 2. The van der Waals surface area contributed by atoms with Gasteiger partial charge in [0, 0.05) is 17.3 Å². The van der Waals surface area contributed by atoms with Crippen molar-refractivity contribution in [1.29, 1.82) is 0 Å². The van der Waals surface area contributed by atoms with Gasteiger partial charge in [0.05, 0.1) is 13.0 Å². The highest BCUT2D eigenvalue weighted by Crippen LogP contribution is 2.31. The Morgan fingerprint density at radius 3 is 3.04 bits per heavy atom. The zero-order valence-corrected chi connectivity index (χ0v) is 13.7. The van der Waals surface area contributed by atoms with E-state index in [1.807, 2.05) is 31.2 Å². The first kappa shape index (κ1) is 15.4. The standard InChI is InChI=1S/C19H17N3O3/c1-12-11-22(16-7-4-8-20-19(16)25-12)17(23)10-14-9-13-5-2-3-6-15(13)21-18(14)24/h2-9,12H,10-11H2,1H3,(H,21,24)/t12-/m0/s1. The van der Waals surface area contributed by atoms with E-state index in [-0.39, 0.29) is 24.0 Å². The number of ether oxygens (including phenoxy) is 1. The minimum Gasteiger partial charge on any atom is -0.471 e. The van der Waals surface area contributed by atoms with Gasteiger partial charge in [0.2, 0.25) is 11.8 Å². The molecular weight excluding hydrogens is 318 g/mol. The van der Waals surface area contributed by atoms with Crippen LogP contribution in [0.15, 0.2) is 53.5 Å². The van der Waals surface area contributed by atoms with E-state index in [0.29, 0.717) is 23.7 Å². The Bertz CT molecular complexity index is 1010. The van der Waals surface area contributed by atoms with E-state index in [1.54, 1.807) is 29.3 Å². The van der Waals surface area contributed by atoms with Crippen molar-refractivity contribution in [3.8, 4) is 5.88 Å². The molecule has 3 heterocycles. The molecule has 1 aromatic carbocycles. The summed E-state index contributed by atoms with van der Waals surface area (Å²) in [4.78, 5) is 33.8. The summed E-state index contributed by atoms with van der Waals surface area (Å²) in [5.74, 6) is 0.298. The second kappa shape index (κ2) is 6.05. The summed E-state index contributed by atoms with van der Waals surface area (Å²) < 4.78 is 5.67. The zero-order valence-electron chi connectivity index (χ0n) is 13.7. The molecule has 4 rings (SSSR count). The minimum atomic E-state index is -0.236. The molecule has 3 aromatic rings. The van der Waals surface area contributed by atoms with Crippen molar-refractivity contribution in [3.05, 3.63) is 64.6 Å². The minimum absolute atomic E-state index is 0.0290. The number of carbonyl (C=O) groups is 1. The highest BCUT2D eigenvalue weighted by Gasteiger charge is 2.28. The molecule has 1 aliphatic heterocycles. The van der Waals surface area contributed by atoms with Crippen LogP contribution in [-0.2, 0) is 11.2 Å². The number of benzene rings is 1. The fourth-order valence-corrected chi connectivity index (χ4v) is 3.08. The molecule has 6 nitrogen and oxygen atoms in total. The molecule has 0 radical (unpaired) electrons. The number of H-pyrrole nitrogens is 1. The lowest BCUT2D eigenvalue weighted by molar-refractivity contribution is -0.118. The SMILES string of the molecule is C[C@H]1CN(C(=O)Cc2cc3ccccc3[nH]c2=O)c2cccnc2O1. The van der Waals surface area contributed by atoms with Gasteiger partial charge in [-0.2, -0.15) is 0 Å². The number of para-hydroxylation sites is 1. The van der Waals surface area contributed by atoms with Crippen LogP contribution in [0.2, 0.25) is 0 Å². The molecule has 1 atom stereocenters. The predicted molar refractivity (Wildman–Crippen MR) is 95.0 cm³/mol. The fraction of sp³-hybridized carbons (Fsp3) is 0.211. The number of pyridine rings is 2. The van der Waals surface area contributed by atoms with E-state index < -0.39 is 0 Å². The maximum absolute atomic E-state index is 12.9. The van der Waals surface area contributed by atoms with Gasteiger partial charge in [0.25, 0.3) is 5.56 Å². The van der Waals surface area contributed by atoms with Crippen LogP contribution in [0.25, 0.3) is 10.9 Å².